The molecule has 14 rings (SSSR count). The normalized spacial score (nSPS) is 21.4. The fourth-order valence-electron chi connectivity index (χ4n) is 14.1. The molecule has 0 unspecified atom stereocenters. The molecule has 0 saturated carbocycles. The van der Waals surface area contributed by atoms with Crippen molar-refractivity contribution in [3.05, 3.63) is 179 Å². The molecule has 12 bridgehead atoms. The molecule has 6 aliphatic heterocycles. The Morgan fingerprint density at radius 3 is 1.30 bits per heavy atom. The summed E-state index contributed by atoms with van der Waals surface area (Å²) in [5, 5.41) is 54.7. The number of nitrogens with zero attached hydrogens (tertiary/aromatic N) is 8. The lowest BCUT2D eigenvalue weighted by Gasteiger charge is -2.36. The number of carboxylic acid groups (broad SMARTS) is 1. The molecule has 8 aromatic rings. The lowest BCUT2D eigenvalue weighted by molar-refractivity contribution is -0.145. The van der Waals surface area contributed by atoms with Gasteiger partial charge in [0, 0.05) is 51.6 Å². The summed E-state index contributed by atoms with van der Waals surface area (Å²) in [6.45, 7) is 13.3. The van der Waals surface area contributed by atoms with Crippen LogP contribution < -0.4 is 56.7 Å². The molecular formula is C81H99N17O15S. The highest BCUT2D eigenvalue weighted by atomic mass is 32.2. The molecule has 0 radical (unpaired) electrons. The standard InChI is InChI=1S/C81H99N17O15S/c1-46(82-9)70(99)88-68(80(3,4)5)77(106)95-42-58-38-66(95)75(104)85-62(36-50-20-26-52-16-12-14-18-54(52)32-50)72(101)84-64(74(103)92-114(11,110)111)34-48-22-28-60(29-23-48)112-44-56-40-98(93-90-56)59-39-67(96(43-59)78(107)69(81(6,7)8)89-71(100)47(2)83-10)76(105)86-63(37-51-21-27-53-17-13-15-19-55(53)33-51)73(102)87-65(79(108)109)35-49-24-30-61(31-25-49)113-45-57-41-97(58)94-91-57/h12-33,40-41,46-47,58-59,62-69,82-83H,34-39,42-45H2,1-11H3,(H,84,101)(H,85,104)(H,86,105)(H,87,102)(H,88,99)(H,89,100)(H,92,103)(H,108,109)/t46-,47-,58-,59-,62-,63-,64-,65-,66-,67-,68+,69+/m0/s1. The van der Waals surface area contributed by atoms with E-state index in [9.17, 15) is 37.5 Å². The first-order chi connectivity index (χ1) is 54.1. The number of carbonyl (C=O) groups is 10. The molecule has 114 heavy (non-hydrogen) atoms. The molecule has 6 aliphatic rings. The number of sulfonamides is 1. The van der Waals surface area contributed by atoms with Gasteiger partial charge in [-0.15, -0.1) is 10.2 Å². The Kier molecular flexibility index (Phi) is 26.0. The molecule has 2 saturated heterocycles. The summed E-state index contributed by atoms with van der Waals surface area (Å²) < 4.78 is 43.0. The molecule has 2 fully saturated rings. The highest BCUT2D eigenvalue weighted by molar-refractivity contribution is 7.89. The fourth-order valence-corrected chi connectivity index (χ4v) is 14.6. The zero-order valence-electron chi connectivity index (χ0n) is 65.5. The first-order valence-corrected chi connectivity index (χ1v) is 39.7. The van der Waals surface area contributed by atoms with Crippen molar-refractivity contribution in [2.24, 2.45) is 10.8 Å². The Labute approximate surface area is 660 Å². The van der Waals surface area contributed by atoms with E-state index in [0.29, 0.717) is 45.1 Å². The number of benzene rings is 6. The summed E-state index contributed by atoms with van der Waals surface area (Å²) in [7, 11) is -1.02. The highest BCUT2D eigenvalue weighted by Gasteiger charge is 2.49. The number of aromatic nitrogens is 6. The molecule has 12 atom stereocenters. The van der Waals surface area contributed by atoms with Gasteiger partial charge >= 0.3 is 5.97 Å². The number of amides is 9. The van der Waals surface area contributed by atoms with Gasteiger partial charge in [0.05, 0.1) is 42.8 Å². The maximum absolute atomic E-state index is 15.4. The summed E-state index contributed by atoms with van der Waals surface area (Å²) in [4.78, 5) is 149. The van der Waals surface area contributed by atoms with Gasteiger partial charge in [-0.05, 0) is 107 Å². The highest BCUT2D eigenvalue weighted by Crippen LogP contribution is 2.35. The van der Waals surface area contributed by atoms with Crippen LogP contribution in [0.2, 0.25) is 0 Å². The van der Waals surface area contributed by atoms with E-state index in [1.165, 1.54) is 19.2 Å². The summed E-state index contributed by atoms with van der Waals surface area (Å²) in [6.07, 6.45) is 3.05. The number of hydrogen-bond donors (Lipinski definition) is 10. The van der Waals surface area contributed by atoms with Crippen molar-refractivity contribution in [3.8, 4) is 11.5 Å². The van der Waals surface area contributed by atoms with E-state index >= 15 is 24.0 Å². The SMILES string of the molecule is CN[C@@H](C)C(=O)N[C@H](C(=O)N1C[C@@H]2C[C@H]1C(=O)N[C@@H](Cc1ccc3ccccc3c1)C(=O)N[C@H](C(=O)O)Cc1ccc(cc1)OCc1cn(nn1)[C@H]1C[C@@H](C(=O)N[C@@H](Cc3ccc4ccccc4c3)C(=O)N[C@H](C(=O)NS(C)(=O)=O)Cc3ccc(cc3)OCc3cn2nn3)N(C(=O)[C@@H](NC(=O)[C@H](C)NC)C(C)(C)C)C1)C(C)(C)C. The van der Waals surface area contributed by atoms with Crippen LogP contribution >= 0.6 is 0 Å². The molecule has 6 aromatic carbocycles. The monoisotopic (exact) mass is 1580 g/mol. The van der Waals surface area contributed by atoms with Crippen LogP contribution in [-0.4, -0.2) is 206 Å². The summed E-state index contributed by atoms with van der Waals surface area (Å²) >= 11 is 0. The first-order valence-electron chi connectivity index (χ1n) is 37.8. The van der Waals surface area contributed by atoms with Gasteiger partial charge in [-0.3, -0.25) is 47.9 Å². The predicted molar refractivity (Wildman–Crippen MR) is 421 cm³/mol. The molecule has 0 aliphatic carbocycles. The van der Waals surface area contributed by atoms with Gasteiger partial charge in [-0.1, -0.05) is 161 Å². The largest absolute Gasteiger partial charge is 0.487 e. The molecule has 0 spiro atoms. The van der Waals surface area contributed by atoms with Crippen molar-refractivity contribution in [1.29, 1.82) is 0 Å². The topological polar surface area (TPSA) is 420 Å². The van der Waals surface area contributed by atoms with E-state index in [1.807, 2.05) is 77.5 Å². The molecule has 33 heteroatoms. The number of nitrogens with one attached hydrogen (secondary N) is 9. The van der Waals surface area contributed by atoms with Crippen molar-refractivity contribution in [2.45, 2.75) is 180 Å². The number of fused-ring (bicyclic) bond motifs is 2. The number of likely N-dealkylation sites (N-methyl/N-ethyl adjacent to an activating group) is 2. The van der Waals surface area contributed by atoms with Crippen LogP contribution in [-0.2, 0) is 96.9 Å². The Hall–Kier alpha value is -11.7. The van der Waals surface area contributed by atoms with Crippen LogP contribution in [0.4, 0.5) is 0 Å². The number of hydrogen-bond acceptors (Lipinski definition) is 20. The second-order valence-electron chi connectivity index (χ2n) is 31.7. The Morgan fingerprint density at radius 1 is 0.535 bits per heavy atom. The third-order valence-electron chi connectivity index (χ3n) is 20.9. The zero-order valence-corrected chi connectivity index (χ0v) is 66.3. The Morgan fingerprint density at radius 2 is 0.921 bits per heavy atom. The van der Waals surface area contributed by atoms with E-state index in [0.717, 1.165) is 27.8 Å². The third kappa shape index (κ3) is 20.9. The molecule has 2 aromatic heterocycles. The second-order valence-corrected chi connectivity index (χ2v) is 33.4. The van der Waals surface area contributed by atoms with Crippen LogP contribution in [0.5, 0.6) is 11.5 Å². The van der Waals surface area contributed by atoms with E-state index < -0.39 is 152 Å². The van der Waals surface area contributed by atoms with Crippen molar-refractivity contribution in [3.63, 3.8) is 0 Å². The van der Waals surface area contributed by atoms with Gasteiger partial charge in [0.1, 0.15) is 84.4 Å². The van der Waals surface area contributed by atoms with Crippen molar-refractivity contribution >= 4 is 90.7 Å². The van der Waals surface area contributed by atoms with Crippen LogP contribution in [0.3, 0.4) is 0 Å². The molecular weight excluding hydrogens is 1480 g/mol. The van der Waals surface area contributed by atoms with Crippen LogP contribution in [0, 0.1) is 10.8 Å². The van der Waals surface area contributed by atoms with Gasteiger partial charge < -0.3 is 66.9 Å². The molecule has 10 N–H and O–H groups in total. The quantitative estimate of drug-likeness (QED) is 0.0704. The Bertz CT molecular complexity index is 5000. The predicted octanol–water partition coefficient (Wildman–Crippen LogP) is 3.28. The number of carbonyl (C=O) groups excluding carboxylic acids is 9. The van der Waals surface area contributed by atoms with Crippen molar-refractivity contribution < 1.29 is 70.9 Å². The van der Waals surface area contributed by atoms with E-state index in [1.54, 1.807) is 143 Å². The van der Waals surface area contributed by atoms with Crippen LogP contribution in [0.15, 0.2) is 146 Å². The maximum Gasteiger partial charge on any atom is 0.326 e. The maximum atomic E-state index is 15.4. The van der Waals surface area contributed by atoms with Crippen molar-refractivity contribution in [2.75, 3.05) is 33.4 Å². The number of rotatable bonds is 15. The first kappa shape index (κ1) is 83.2. The third-order valence-corrected chi connectivity index (χ3v) is 21.4. The minimum absolute atomic E-state index is 0.0634. The van der Waals surface area contributed by atoms with E-state index in [2.05, 4.69) is 63.2 Å². The second kappa shape index (κ2) is 35.5. The van der Waals surface area contributed by atoms with Crippen LogP contribution in [0.25, 0.3) is 21.5 Å². The van der Waals surface area contributed by atoms with Gasteiger partial charge in [0.25, 0.3) is 5.91 Å². The van der Waals surface area contributed by atoms with E-state index in [4.69, 9.17) is 9.47 Å². The average molecular weight is 1580 g/mol. The fraction of sp³-hybridized carbons (Fsp3) is 0.432. The Balaban J connectivity index is 0.942. The molecule has 604 valence electrons. The minimum Gasteiger partial charge on any atom is -0.487 e. The van der Waals surface area contributed by atoms with Crippen molar-refractivity contribution in [1.82, 2.24) is 87.0 Å². The molecule has 8 heterocycles. The smallest absolute Gasteiger partial charge is 0.326 e. The number of likely N-dealkylation sites (tertiary alicyclic amines) is 2. The average Bonchev–Trinajstić information content (AvgIpc) is 1.62. The van der Waals surface area contributed by atoms with E-state index in [-0.39, 0.29) is 64.8 Å². The zero-order chi connectivity index (χ0) is 82.1. The molecule has 32 nitrogen and oxygen atoms in total. The number of ether oxygens (including phenoxy) is 2. The summed E-state index contributed by atoms with van der Waals surface area (Å²) in [5.74, 6) is -7.25. The summed E-state index contributed by atoms with van der Waals surface area (Å²) in [6, 6.07) is 25.1. The van der Waals surface area contributed by atoms with Gasteiger partial charge in [0.15, 0.2) is 0 Å². The lowest BCUT2D eigenvalue weighted by atomic mass is 9.85. The minimum atomic E-state index is -4.22. The molecule has 9 amide bonds. The number of aliphatic carboxylic acids is 1. The number of carboxylic acids is 1. The van der Waals surface area contributed by atoms with Gasteiger partial charge in [-0.25, -0.2) is 22.6 Å². The summed E-state index contributed by atoms with van der Waals surface area (Å²) in [5.41, 5.74) is 0.929. The van der Waals surface area contributed by atoms with Crippen LogP contribution in [0.1, 0.15) is 114 Å². The lowest BCUT2D eigenvalue weighted by Crippen LogP contribution is -2.61. The van der Waals surface area contributed by atoms with Gasteiger partial charge in [-0.2, -0.15) is 0 Å². The van der Waals surface area contributed by atoms with Gasteiger partial charge in [0.2, 0.25) is 57.3 Å².